The van der Waals surface area contributed by atoms with Gasteiger partial charge in [-0.05, 0) is 22.6 Å². The molecule has 0 unspecified atom stereocenters. The zero-order valence-corrected chi connectivity index (χ0v) is 15.9. The summed E-state index contributed by atoms with van der Waals surface area (Å²) in [5.74, 6) is -1.54. The third kappa shape index (κ3) is 4.31. The van der Waals surface area contributed by atoms with E-state index >= 15 is 0 Å². The molecule has 0 bridgehead atoms. The minimum absolute atomic E-state index is 0.0287. The average molecular weight is 425 g/mol. The Morgan fingerprint density at radius 3 is 2.63 bits per heavy atom. The van der Waals surface area contributed by atoms with E-state index in [4.69, 9.17) is 11.6 Å². The van der Waals surface area contributed by atoms with Gasteiger partial charge in [0, 0.05) is 20.6 Å². The zero-order chi connectivity index (χ0) is 20.4. The van der Waals surface area contributed by atoms with E-state index in [2.05, 4.69) is 25.6 Å². The van der Waals surface area contributed by atoms with Crippen LogP contribution in [0.25, 0.3) is 0 Å². The minimum atomic E-state index is -4.30. The maximum atomic E-state index is 12.7. The molecular weight excluding hydrogens is 410 g/mol. The van der Waals surface area contributed by atoms with E-state index in [0.29, 0.717) is 0 Å². The lowest BCUT2D eigenvalue weighted by atomic mass is 10.2. The molecule has 0 atom stereocenters. The van der Waals surface area contributed by atoms with Crippen LogP contribution >= 0.6 is 11.6 Å². The Balaban J connectivity index is 2.57. The average Bonchev–Trinajstić information content (AvgIpc) is 2.98. The van der Waals surface area contributed by atoms with Crippen molar-refractivity contribution in [3.63, 3.8) is 0 Å². The lowest BCUT2D eigenvalue weighted by Gasteiger charge is -2.20. The van der Waals surface area contributed by atoms with Crippen LogP contribution in [-0.4, -0.2) is 59.0 Å². The van der Waals surface area contributed by atoms with Crippen LogP contribution in [0.4, 0.5) is 14.7 Å². The number of benzene rings is 1. The number of halogens is 3. The van der Waals surface area contributed by atoms with E-state index in [-0.39, 0.29) is 18.1 Å². The van der Waals surface area contributed by atoms with E-state index in [1.165, 1.54) is 21.0 Å². The molecule has 0 spiro atoms. The Morgan fingerprint density at radius 2 is 2.11 bits per heavy atom. The molecular formula is C13H15ClF2N6O4S. The normalized spacial score (nSPS) is 11.9. The van der Waals surface area contributed by atoms with Crippen LogP contribution in [0.1, 0.15) is 17.3 Å². The van der Waals surface area contributed by atoms with E-state index in [1.807, 2.05) is 0 Å². The number of alkyl halides is 2. The van der Waals surface area contributed by atoms with Gasteiger partial charge in [-0.1, -0.05) is 23.6 Å². The molecule has 1 N–H and O–H groups in total. The fraction of sp³-hybridized carbons (Fsp3) is 0.385. The molecule has 2 aromatic rings. The number of carbonyl (C=O) groups excluding carboxylic acids is 1. The van der Waals surface area contributed by atoms with E-state index in [0.717, 1.165) is 21.1 Å². The van der Waals surface area contributed by atoms with E-state index < -0.39 is 38.2 Å². The van der Waals surface area contributed by atoms with Crippen molar-refractivity contribution in [3.05, 3.63) is 22.7 Å². The van der Waals surface area contributed by atoms with Gasteiger partial charge in [-0.2, -0.15) is 8.78 Å². The standard InChI is InChI=1S/C13H15ClF2N6O4S/c1-4-21(2)27(24,25)10-8(26-12(15)16)6-5-7(9(10)14)11(23)17-13-18-19-20-22(13)3/h5-6,12H,4H2,1-3H3,(H,17,18,20,23). The minimum Gasteiger partial charge on any atom is -0.433 e. The lowest BCUT2D eigenvalue weighted by molar-refractivity contribution is -0.0517. The first kappa shape index (κ1) is 20.9. The van der Waals surface area contributed by atoms with Gasteiger partial charge in [0.25, 0.3) is 5.91 Å². The smallest absolute Gasteiger partial charge is 0.387 e. The highest BCUT2D eigenvalue weighted by molar-refractivity contribution is 7.89. The number of rotatable bonds is 7. The third-order valence-corrected chi connectivity index (χ3v) is 5.99. The molecule has 14 heteroatoms. The number of hydrogen-bond acceptors (Lipinski definition) is 7. The van der Waals surface area contributed by atoms with E-state index in [1.54, 1.807) is 0 Å². The fourth-order valence-corrected chi connectivity index (χ4v) is 3.87. The molecule has 1 heterocycles. The Bertz CT molecular complexity index is 952. The first-order valence-electron chi connectivity index (χ1n) is 7.37. The van der Waals surface area contributed by atoms with Crippen LogP contribution in [0.15, 0.2) is 17.0 Å². The van der Waals surface area contributed by atoms with Crippen molar-refractivity contribution in [3.8, 4) is 5.75 Å². The lowest BCUT2D eigenvalue weighted by Crippen LogP contribution is -2.28. The molecule has 2 rings (SSSR count). The van der Waals surface area contributed by atoms with Crippen molar-refractivity contribution < 1.29 is 26.7 Å². The van der Waals surface area contributed by atoms with Crippen LogP contribution < -0.4 is 10.1 Å². The Morgan fingerprint density at radius 1 is 1.44 bits per heavy atom. The predicted molar refractivity (Wildman–Crippen MR) is 90.3 cm³/mol. The van der Waals surface area contributed by atoms with Gasteiger partial charge in [0.05, 0.1) is 10.6 Å². The number of nitrogens with zero attached hydrogens (tertiary/aromatic N) is 5. The second-order valence-corrected chi connectivity index (χ2v) is 7.49. The number of tetrazole rings is 1. The summed E-state index contributed by atoms with van der Waals surface area (Å²) in [4.78, 5) is 11.7. The third-order valence-electron chi connectivity index (χ3n) is 3.48. The first-order valence-corrected chi connectivity index (χ1v) is 9.18. The van der Waals surface area contributed by atoms with Gasteiger partial charge in [0.15, 0.2) is 0 Å². The summed E-state index contributed by atoms with van der Waals surface area (Å²) in [6.07, 6.45) is 0. The molecule has 148 valence electrons. The van der Waals surface area contributed by atoms with Gasteiger partial charge in [-0.15, -0.1) is 0 Å². The highest BCUT2D eigenvalue weighted by atomic mass is 35.5. The number of anilines is 1. The summed E-state index contributed by atoms with van der Waals surface area (Å²) < 4.78 is 57.0. The Labute approximate surface area is 158 Å². The number of aromatic nitrogens is 4. The molecule has 0 aliphatic heterocycles. The molecule has 1 aromatic carbocycles. The van der Waals surface area contributed by atoms with Crippen LogP contribution in [0, 0.1) is 0 Å². The largest absolute Gasteiger partial charge is 0.433 e. The van der Waals surface area contributed by atoms with Crippen molar-refractivity contribution in [1.82, 2.24) is 24.5 Å². The van der Waals surface area contributed by atoms with Gasteiger partial charge < -0.3 is 4.74 Å². The quantitative estimate of drug-likeness (QED) is 0.712. The van der Waals surface area contributed by atoms with Crippen molar-refractivity contribution in [2.24, 2.45) is 7.05 Å². The molecule has 0 saturated carbocycles. The van der Waals surface area contributed by atoms with Crippen LogP contribution in [0.5, 0.6) is 5.75 Å². The van der Waals surface area contributed by atoms with Crippen LogP contribution in [0.2, 0.25) is 5.02 Å². The molecule has 0 aliphatic rings. The summed E-state index contributed by atoms with van der Waals surface area (Å²) in [6, 6.07) is 1.99. The number of ether oxygens (including phenoxy) is 1. The molecule has 27 heavy (non-hydrogen) atoms. The molecule has 1 aromatic heterocycles. The second-order valence-electron chi connectivity index (χ2n) is 5.13. The van der Waals surface area contributed by atoms with Gasteiger partial charge in [-0.25, -0.2) is 17.4 Å². The summed E-state index contributed by atoms with van der Waals surface area (Å²) in [7, 11) is -1.61. The number of carbonyl (C=O) groups is 1. The number of aryl methyl sites for hydroxylation is 1. The summed E-state index contributed by atoms with van der Waals surface area (Å²) in [5.41, 5.74) is -0.288. The number of amides is 1. The van der Waals surface area contributed by atoms with Gasteiger partial charge in [-0.3, -0.25) is 10.1 Å². The molecule has 0 saturated heterocycles. The highest BCUT2D eigenvalue weighted by Crippen LogP contribution is 2.36. The SMILES string of the molecule is CCN(C)S(=O)(=O)c1c(OC(F)F)ccc(C(=O)Nc2nnnn2C)c1Cl. The number of sulfonamides is 1. The van der Waals surface area contributed by atoms with Crippen LogP contribution in [0.3, 0.4) is 0 Å². The monoisotopic (exact) mass is 424 g/mol. The maximum Gasteiger partial charge on any atom is 0.387 e. The molecule has 10 nitrogen and oxygen atoms in total. The van der Waals surface area contributed by atoms with Gasteiger partial charge >= 0.3 is 6.61 Å². The number of hydrogen-bond donors (Lipinski definition) is 1. The zero-order valence-electron chi connectivity index (χ0n) is 14.4. The maximum absolute atomic E-state index is 12.7. The van der Waals surface area contributed by atoms with Crippen molar-refractivity contribution in [1.29, 1.82) is 0 Å². The van der Waals surface area contributed by atoms with E-state index in [9.17, 15) is 22.0 Å². The predicted octanol–water partition coefficient (Wildman–Crippen LogP) is 1.36. The topological polar surface area (TPSA) is 119 Å². The van der Waals surface area contributed by atoms with Crippen LogP contribution in [-0.2, 0) is 17.1 Å². The van der Waals surface area contributed by atoms with Crippen molar-refractivity contribution >= 4 is 33.5 Å². The van der Waals surface area contributed by atoms with Gasteiger partial charge in [0.2, 0.25) is 16.0 Å². The van der Waals surface area contributed by atoms with Crippen molar-refractivity contribution in [2.75, 3.05) is 18.9 Å². The Kier molecular flexibility index (Phi) is 6.28. The second kappa shape index (κ2) is 8.10. The molecule has 0 radical (unpaired) electrons. The molecule has 0 fully saturated rings. The Hall–Kier alpha value is -2.38. The summed E-state index contributed by atoms with van der Waals surface area (Å²) >= 11 is 6.11. The number of nitrogens with one attached hydrogen (secondary N) is 1. The van der Waals surface area contributed by atoms with Gasteiger partial charge in [0.1, 0.15) is 10.6 Å². The van der Waals surface area contributed by atoms with Crippen molar-refractivity contribution in [2.45, 2.75) is 18.4 Å². The molecule has 0 aliphatic carbocycles. The molecule has 1 amide bonds. The first-order chi connectivity index (χ1) is 12.6. The summed E-state index contributed by atoms with van der Waals surface area (Å²) in [5, 5.41) is 12.2. The summed E-state index contributed by atoms with van der Waals surface area (Å²) in [6.45, 7) is -1.71. The highest BCUT2D eigenvalue weighted by Gasteiger charge is 2.31. The fourth-order valence-electron chi connectivity index (χ4n) is 1.97.